The maximum absolute atomic E-state index is 6.40. The Morgan fingerprint density at radius 2 is 1.95 bits per heavy atom. The molecule has 0 heterocycles. The highest BCUT2D eigenvalue weighted by Gasteiger charge is 2.22. The highest BCUT2D eigenvalue weighted by Crippen LogP contribution is 2.31. The van der Waals surface area contributed by atoms with Crippen LogP contribution in [0, 0.1) is 5.92 Å². The lowest BCUT2D eigenvalue weighted by molar-refractivity contribution is 0.341. The van der Waals surface area contributed by atoms with Crippen LogP contribution in [0.3, 0.4) is 0 Å². The summed E-state index contributed by atoms with van der Waals surface area (Å²) in [6.07, 6.45) is 5.30. The van der Waals surface area contributed by atoms with E-state index < -0.39 is 0 Å². The second-order valence-electron chi connectivity index (χ2n) is 6.08. The van der Waals surface area contributed by atoms with E-state index >= 15 is 0 Å². The molecule has 1 aliphatic carbocycles. The van der Waals surface area contributed by atoms with Gasteiger partial charge in [-0.25, -0.2) is 0 Å². The van der Waals surface area contributed by atoms with Crippen LogP contribution < -0.4 is 10.2 Å². The van der Waals surface area contributed by atoms with Crippen LogP contribution in [0.5, 0.6) is 0 Å². The molecule has 2 rings (SSSR count). The van der Waals surface area contributed by atoms with Crippen LogP contribution in [-0.4, -0.2) is 19.6 Å². The minimum absolute atomic E-state index is 0.668. The number of rotatable bonds is 5. The van der Waals surface area contributed by atoms with Gasteiger partial charge in [0.1, 0.15) is 0 Å². The van der Waals surface area contributed by atoms with Crippen molar-refractivity contribution in [2.45, 2.75) is 52.1 Å². The van der Waals surface area contributed by atoms with Crippen molar-refractivity contribution in [2.24, 2.45) is 5.92 Å². The van der Waals surface area contributed by atoms with Crippen LogP contribution in [0.1, 0.15) is 45.1 Å². The second-order valence-corrected chi connectivity index (χ2v) is 6.49. The molecule has 2 nitrogen and oxygen atoms in total. The maximum atomic E-state index is 6.40. The predicted octanol–water partition coefficient (Wildman–Crippen LogP) is 4.46. The van der Waals surface area contributed by atoms with E-state index in [1.807, 2.05) is 0 Å². The third kappa shape index (κ3) is 3.89. The first-order valence-corrected chi connectivity index (χ1v) is 8.21. The first-order chi connectivity index (χ1) is 9.61. The number of nitrogens with one attached hydrogen (secondary N) is 1. The average molecular weight is 295 g/mol. The Hall–Kier alpha value is -0.730. The molecule has 20 heavy (non-hydrogen) atoms. The lowest BCUT2D eigenvalue weighted by Gasteiger charge is -2.35. The lowest BCUT2D eigenvalue weighted by atomic mass is 9.86. The largest absolute Gasteiger partial charge is 0.372 e. The Kier molecular flexibility index (Phi) is 5.74. The van der Waals surface area contributed by atoms with E-state index in [4.69, 9.17) is 11.6 Å². The molecule has 0 atom stereocenters. The van der Waals surface area contributed by atoms with Crippen LogP contribution in [0.15, 0.2) is 18.2 Å². The molecule has 0 spiro atoms. The van der Waals surface area contributed by atoms with Crippen molar-refractivity contribution in [1.82, 2.24) is 5.32 Å². The van der Waals surface area contributed by atoms with Crippen molar-refractivity contribution in [3.05, 3.63) is 28.8 Å². The summed E-state index contributed by atoms with van der Waals surface area (Å²) in [6.45, 7) is 6.29. The average Bonchev–Trinajstić information content (AvgIpc) is 2.46. The van der Waals surface area contributed by atoms with Gasteiger partial charge in [-0.3, -0.25) is 0 Å². The van der Waals surface area contributed by atoms with E-state index in [0.29, 0.717) is 6.04 Å². The van der Waals surface area contributed by atoms with Crippen LogP contribution in [-0.2, 0) is 6.54 Å². The van der Waals surface area contributed by atoms with Gasteiger partial charge in [-0.1, -0.05) is 31.5 Å². The molecule has 3 heteroatoms. The van der Waals surface area contributed by atoms with E-state index in [0.717, 1.165) is 24.0 Å². The van der Waals surface area contributed by atoms with Crippen molar-refractivity contribution in [1.29, 1.82) is 0 Å². The number of benzene rings is 1. The fourth-order valence-corrected chi connectivity index (χ4v) is 3.24. The molecule has 0 unspecified atom stereocenters. The zero-order valence-corrected chi connectivity index (χ0v) is 13.7. The molecule has 1 N–H and O–H groups in total. The molecule has 0 bridgehead atoms. The SMILES string of the molecule is CCNCc1ccc(N(C)C2CCC(C)CC2)cc1Cl. The smallest absolute Gasteiger partial charge is 0.0471 e. The van der Waals surface area contributed by atoms with Crippen molar-refractivity contribution >= 4 is 17.3 Å². The van der Waals surface area contributed by atoms with Gasteiger partial charge in [0.2, 0.25) is 0 Å². The van der Waals surface area contributed by atoms with Gasteiger partial charge < -0.3 is 10.2 Å². The zero-order valence-electron chi connectivity index (χ0n) is 13.0. The molecule has 0 radical (unpaired) electrons. The van der Waals surface area contributed by atoms with Gasteiger partial charge in [0.05, 0.1) is 0 Å². The maximum Gasteiger partial charge on any atom is 0.0471 e. The molecule has 1 fully saturated rings. The van der Waals surface area contributed by atoms with E-state index in [1.54, 1.807) is 0 Å². The van der Waals surface area contributed by atoms with E-state index in [2.05, 4.69) is 49.3 Å². The Labute approximate surface area is 128 Å². The molecule has 112 valence electrons. The van der Waals surface area contributed by atoms with Gasteiger partial charge in [0, 0.05) is 30.3 Å². The molecule has 0 aromatic heterocycles. The highest BCUT2D eigenvalue weighted by molar-refractivity contribution is 6.31. The fraction of sp³-hybridized carbons (Fsp3) is 0.647. The second kappa shape index (κ2) is 7.33. The van der Waals surface area contributed by atoms with E-state index in [9.17, 15) is 0 Å². The third-order valence-corrected chi connectivity index (χ3v) is 4.89. The first kappa shape index (κ1) is 15.7. The van der Waals surface area contributed by atoms with Crippen molar-refractivity contribution < 1.29 is 0 Å². The van der Waals surface area contributed by atoms with Gasteiger partial charge in [-0.15, -0.1) is 0 Å². The van der Waals surface area contributed by atoms with Gasteiger partial charge in [-0.2, -0.15) is 0 Å². The summed E-state index contributed by atoms with van der Waals surface area (Å²) in [5.41, 5.74) is 2.43. The van der Waals surface area contributed by atoms with E-state index in [-0.39, 0.29) is 0 Å². The number of hydrogen-bond acceptors (Lipinski definition) is 2. The molecule has 0 amide bonds. The molecule has 1 aromatic rings. The molecular formula is C17H27ClN2. The molecule has 0 saturated heterocycles. The summed E-state index contributed by atoms with van der Waals surface area (Å²) in [7, 11) is 2.20. The molecule has 1 saturated carbocycles. The minimum Gasteiger partial charge on any atom is -0.372 e. The highest BCUT2D eigenvalue weighted by atomic mass is 35.5. The standard InChI is InChI=1S/C17H27ClN2/c1-4-19-12-14-7-10-16(11-17(14)18)20(3)15-8-5-13(2)6-9-15/h7,10-11,13,15,19H,4-6,8-9,12H2,1-3H3. The van der Waals surface area contributed by atoms with Gasteiger partial charge >= 0.3 is 0 Å². The third-order valence-electron chi connectivity index (χ3n) is 4.54. The van der Waals surface area contributed by atoms with Gasteiger partial charge in [0.15, 0.2) is 0 Å². The fourth-order valence-electron chi connectivity index (χ4n) is 3.00. The lowest BCUT2D eigenvalue weighted by Crippen LogP contribution is -2.34. The Balaban J connectivity index is 2.03. The summed E-state index contributed by atoms with van der Waals surface area (Å²) in [5.74, 6) is 0.894. The number of nitrogens with zero attached hydrogens (tertiary/aromatic N) is 1. The van der Waals surface area contributed by atoms with Crippen molar-refractivity contribution in [3.8, 4) is 0 Å². The predicted molar refractivity (Wildman–Crippen MR) is 88.7 cm³/mol. The Bertz CT molecular complexity index is 425. The van der Waals surface area contributed by atoms with Crippen LogP contribution in [0.25, 0.3) is 0 Å². The van der Waals surface area contributed by atoms with Crippen molar-refractivity contribution in [2.75, 3.05) is 18.5 Å². The summed E-state index contributed by atoms with van der Waals surface area (Å²) in [6, 6.07) is 7.15. The molecular weight excluding hydrogens is 268 g/mol. The Morgan fingerprint density at radius 3 is 2.55 bits per heavy atom. The zero-order chi connectivity index (χ0) is 14.5. The molecule has 1 aromatic carbocycles. The van der Waals surface area contributed by atoms with Crippen LogP contribution in [0.4, 0.5) is 5.69 Å². The number of anilines is 1. The van der Waals surface area contributed by atoms with Crippen LogP contribution in [0.2, 0.25) is 5.02 Å². The van der Waals surface area contributed by atoms with Gasteiger partial charge in [0.25, 0.3) is 0 Å². The number of halogens is 1. The molecule has 0 aliphatic heterocycles. The van der Waals surface area contributed by atoms with E-state index in [1.165, 1.54) is 36.9 Å². The van der Waals surface area contributed by atoms with Crippen molar-refractivity contribution in [3.63, 3.8) is 0 Å². The monoisotopic (exact) mass is 294 g/mol. The Morgan fingerprint density at radius 1 is 1.25 bits per heavy atom. The summed E-state index contributed by atoms with van der Waals surface area (Å²) < 4.78 is 0. The first-order valence-electron chi connectivity index (χ1n) is 7.83. The topological polar surface area (TPSA) is 15.3 Å². The van der Waals surface area contributed by atoms with Gasteiger partial charge in [-0.05, 0) is 55.8 Å². The normalized spacial score (nSPS) is 22.8. The number of hydrogen-bond donors (Lipinski definition) is 1. The summed E-state index contributed by atoms with van der Waals surface area (Å²) in [4.78, 5) is 2.41. The minimum atomic E-state index is 0.668. The summed E-state index contributed by atoms with van der Waals surface area (Å²) in [5, 5.41) is 4.20. The molecule has 1 aliphatic rings. The summed E-state index contributed by atoms with van der Waals surface area (Å²) >= 11 is 6.40. The van der Waals surface area contributed by atoms with Crippen LogP contribution >= 0.6 is 11.6 Å². The quantitative estimate of drug-likeness (QED) is 0.862.